The van der Waals surface area contributed by atoms with E-state index in [4.69, 9.17) is 0 Å². The van der Waals surface area contributed by atoms with Crippen LogP contribution in [0.1, 0.15) is 49.9 Å². The summed E-state index contributed by atoms with van der Waals surface area (Å²) < 4.78 is 0. The lowest BCUT2D eigenvalue weighted by Gasteiger charge is -2.22. The standard InChI is InChI=1S/C48H36/c1-47(2)41-18-6-5-15-36(41)37-24-22-34(28-44(37)47)32-14-8-12-30(26-32)29-11-7-13-31(25-29)33-21-23-35-38-16-9-19-42-45(38)46-39(40(35)27-33)17-10-20-43(46)48(42,3)4/h5-28H,1-4H3. The molecule has 0 aliphatic heterocycles. The molecule has 228 valence electrons. The molecule has 8 aromatic rings. The molecule has 0 fully saturated rings. The molecule has 8 aromatic carbocycles. The van der Waals surface area contributed by atoms with Gasteiger partial charge in [-0.15, -0.1) is 0 Å². The van der Waals surface area contributed by atoms with Gasteiger partial charge in [-0.3, -0.25) is 0 Å². The lowest BCUT2D eigenvalue weighted by Crippen LogP contribution is -2.14. The van der Waals surface area contributed by atoms with E-state index in [0.717, 1.165) is 0 Å². The molecule has 10 rings (SSSR count). The topological polar surface area (TPSA) is 0 Å². The summed E-state index contributed by atoms with van der Waals surface area (Å²) in [6, 6.07) is 54.9. The fourth-order valence-electron chi connectivity index (χ4n) is 9.10. The van der Waals surface area contributed by atoms with E-state index < -0.39 is 0 Å². The third kappa shape index (κ3) is 3.66. The summed E-state index contributed by atoms with van der Waals surface area (Å²) in [5.41, 5.74) is 15.9. The van der Waals surface area contributed by atoms with Crippen molar-refractivity contribution in [3.63, 3.8) is 0 Å². The van der Waals surface area contributed by atoms with E-state index in [2.05, 4.69) is 173 Å². The summed E-state index contributed by atoms with van der Waals surface area (Å²) in [7, 11) is 0. The van der Waals surface area contributed by atoms with Gasteiger partial charge in [-0.1, -0.05) is 149 Å². The molecule has 0 amide bonds. The third-order valence-electron chi connectivity index (χ3n) is 11.6. The first-order chi connectivity index (χ1) is 23.3. The molecular formula is C48H36. The summed E-state index contributed by atoms with van der Waals surface area (Å²) >= 11 is 0. The highest BCUT2D eigenvalue weighted by Crippen LogP contribution is 2.52. The molecule has 48 heavy (non-hydrogen) atoms. The summed E-state index contributed by atoms with van der Waals surface area (Å²) in [6.07, 6.45) is 0. The van der Waals surface area contributed by atoms with Gasteiger partial charge in [-0.05, 0) is 123 Å². The van der Waals surface area contributed by atoms with E-state index in [9.17, 15) is 0 Å². The van der Waals surface area contributed by atoms with Crippen molar-refractivity contribution in [3.05, 3.63) is 168 Å². The highest BCUT2D eigenvalue weighted by molar-refractivity contribution is 6.29. The van der Waals surface area contributed by atoms with Gasteiger partial charge < -0.3 is 0 Å². The molecule has 2 aliphatic carbocycles. The van der Waals surface area contributed by atoms with Gasteiger partial charge in [0.25, 0.3) is 0 Å². The van der Waals surface area contributed by atoms with Crippen LogP contribution in [-0.4, -0.2) is 0 Å². The van der Waals surface area contributed by atoms with E-state index in [1.54, 1.807) is 0 Å². The zero-order chi connectivity index (χ0) is 32.4. The maximum atomic E-state index is 2.42. The van der Waals surface area contributed by atoms with Crippen molar-refractivity contribution < 1.29 is 0 Å². The van der Waals surface area contributed by atoms with Crippen molar-refractivity contribution in [2.75, 3.05) is 0 Å². The fraction of sp³-hybridized carbons (Fsp3) is 0.125. The summed E-state index contributed by atoms with van der Waals surface area (Å²) in [5, 5.41) is 8.26. The number of benzene rings is 8. The van der Waals surface area contributed by atoms with E-state index in [0.29, 0.717) is 0 Å². The first-order valence-electron chi connectivity index (χ1n) is 17.2. The Kier molecular flexibility index (Phi) is 5.50. The Morgan fingerprint density at radius 2 is 0.750 bits per heavy atom. The second-order valence-electron chi connectivity index (χ2n) is 14.9. The van der Waals surface area contributed by atoms with Gasteiger partial charge in [-0.2, -0.15) is 0 Å². The van der Waals surface area contributed by atoms with Crippen LogP contribution in [-0.2, 0) is 10.8 Å². The summed E-state index contributed by atoms with van der Waals surface area (Å²) in [6.45, 7) is 9.45. The average molecular weight is 613 g/mol. The predicted octanol–water partition coefficient (Wildman–Crippen LogP) is 13.1. The maximum absolute atomic E-state index is 2.42. The second kappa shape index (κ2) is 9.55. The monoisotopic (exact) mass is 612 g/mol. The number of fused-ring (bicyclic) bond motifs is 6. The molecular weight excluding hydrogens is 577 g/mol. The third-order valence-corrected chi connectivity index (χ3v) is 11.6. The van der Waals surface area contributed by atoms with Gasteiger partial charge in [0.15, 0.2) is 0 Å². The Morgan fingerprint density at radius 1 is 0.292 bits per heavy atom. The normalized spacial score (nSPS) is 15.0. The minimum atomic E-state index is -0.0108. The molecule has 0 heterocycles. The minimum Gasteiger partial charge on any atom is -0.0619 e. The molecule has 0 aromatic heterocycles. The molecule has 0 saturated heterocycles. The molecule has 0 heteroatoms. The Morgan fingerprint density at radius 3 is 1.40 bits per heavy atom. The summed E-state index contributed by atoms with van der Waals surface area (Å²) in [5.74, 6) is 0. The molecule has 0 radical (unpaired) electrons. The van der Waals surface area contributed by atoms with Crippen molar-refractivity contribution in [2.45, 2.75) is 38.5 Å². The molecule has 0 nitrogen and oxygen atoms in total. The lowest BCUT2D eigenvalue weighted by molar-refractivity contribution is 0.660. The Balaban J connectivity index is 1.07. The van der Waals surface area contributed by atoms with Crippen molar-refractivity contribution in [3.8, 4) is 44.5 Å². The SMILES string of the molecule is CC1(C)c2ccccc2-c2ccc(-c3cccc(-c4cccc(-c5ccc6c(c5)c5cccc7c5c5c(cccc65)C7(C)C)c4)c3)cc21. The zero-order valence-corrected chi connectivity index (χ0v) is 27.9. The Hall–Kier alpha value is -5.46. The quantitative estimate of drug-likeness (QED) is 0.174. The first kappa shape index (κ1) is 27.6. The van der Waals surface area contributed by atoms with E-state index in [1.807, 2.05) is 0 Å². The molecule has 0 bridgehead atoms. The van der Waals surface area contributed by atoms with Crippen LogP contribution in [0.15, 0.2) is 146 Å². The number of hydrogen-bond acceptors (Lipinski definition) is 0. The Labute approximate surface area is 282 Å². The van der Waals surface area contributed by atoms with Crippen LogP contribution in [0.4, 0.5) is 0 Å². The smallest absolute Gasteiger partial charge is 0.0159 e. The fourth-order valence-corrected chi connectivity index (χ4v) is 9.10. The molecule has 0 N–H and O–H groups in total. The molecule has 2 aliphatic rings. The van der Waals surface area contributed by atoms with Gasteiger partial charge >= 0.3 is 0 Å². The highest BCUT2D eigenvalue weighted by atomic mass is 14.4. The van der Waals surface area contributed by atoms with Crippen LogP contribution in [0.2, 0.25) is 0 Å². The van der Waals surface area contributed by atoms with Crippen LogP contribution in [0.5, 0.6) is 0 Å². The van der Waals surface area contributed by atoms with Crippen molar-refractivity contribution in [1.29, 1.82) is 0 Å². The second-order valence-corrected chi connectivity index (χ2v) is 14.9. The van der Waals surface area contributed by atoms with Crippen LogP contribution < -0.4 is 0 Å². The highest BCUT2D eigenvalue weighted by Gasteiger charge is 2.36. The minimum absolute atomic E-state index is 0.00538. The number of rotatable bonds is 3. The number of hydrogen-bond donors (Lipinski definition) is 0. The predicted molar refractivity (Wildman–Crippen MR) is 205 cm³/mol. The first-order valence-corrected chi connectivity index (χ1v) is 17.2. The van der Waals surface area contributed by atoms with Crippen LogP contribution in [0.3, 0.4) is 0 Å². The van der Waals surface area contributed by atoms with E-state index in [-0.39, 0.29) is 10.8 Å². The van der Waals surface area contributed by atoms with Crippen molar-refractivity contribution in [2.24, 2.45) is 0 Å². The van der Waals surface area contributed by atoms with Gasteiger partial charge in [0.1, 0.15) is 0 Å². The maximum Gasteiger partial charge on any atom is 0.0159 e. The molecule has 0 unspecified atom stereocenters. The Bertz CT molecular complexity index is 2660. The van der Waals surface area contributed by atoms with Gasteiger partial charge in [-0.25, -0.2) is 0 Å². The van der Waals surface area contributed by atoms with Gasteiger partial charge in [0.05, 0.1) is 0 Å². The van der Waals surface area contributed by atoms with Crippen LogP contribution >= 0.6 is 0 Å². The molecule has 0 spiro atoms. The molecule has 0 saturated carbocycles. The van der Waals surface area contributed by atoms with Crippen molar-refractivity contribution in [1.82, 2.24) is 0 Å². The average Bonchev–Trinajstić information content (AvgIpc) is 3.51. The summed E-state index contributed by atoms with van der Waals surface area (Å²) in [4.78, 5) is 0. The van der Waals surface area contributed by atoms with Gasteiger partial charge in [0, 0.05) is 10.8 Å². The molecule has 0 atom stereocenters. The van der Waals surface area contributed by atoms with Crippen LogP contribution in [0.25, 0.3) is 76.8 Å². The zero-order valence-electron chi connectivity index (χ0n) is 27.9. The van der Waals surface area contributed by atoms with E-state index in [1.165, 1.54) is 99.1 Å². The lowest BCUT2D eigenvalue weighted by atomic mass is 9.81. The van der Waals surface area contributed by atoms with Crippen LogP contribution in [0, 0.1) is 0 Å². The van der Waals surface area contributed by atoms with Crippen molar-refractivity contribution >= 4 is 32.3 Å². The van der Waals surface area contributed by atoms with Gasteiger partial charge in [0.2, 0.25) is 0 Å². The largest absolute Gasteiger partial charge is 0.0619 e. The van der Waals surface area contributed by atoms with E-state index >= 15 is 0 Å².